The Balaban J connectivity index is 1.97. The second-order valence-electron chi connectivity index (χ2n) is 4.47. The summed E-state index contributed by atoms with van der Waals surface area (Å²) in [6.45, 7) is 5.21. The summed E-state index contributed by atoms with van der Waals surface area (Å²) in [6.07, 6.45) is 2.41. The summed E-state index contributed by atoms with van der Waals surface area (Å²) in [5.41, 5.74) is 1.56. The van der Waals surface area contributed by atoms with Crippen LogP contribution in [0, 0.1) is 6.92 Å². The first kappa shape index (κ1) is 15.9. The molecule has 2 rings (SSSR count). The lowest BCUT2D eigenvalue weighted by molar-refractivity contribution is 0.0954. The van der Waals surface area contributed by atoms with Gasteiger partial charge in [0.15, 0.2) is 0 Å². The maximum atomic E-state index is 12.3. The van der Waals surface area contributed by atoms with E-state index in [1.165, 1.54) is 0 Å². The Hall–Kier alpha value is -1.47. The lowest BCUT2D eigenvalue weighted by atomic mass is 10.2. The molecule has 0 radical (unpaired) electrons. The summed E-state index contributed by atoms with van der Waals surface area (Å²) < 4.78 is 0.782. The molecule has 0 aliphatic heterocycles. The van der Waals surface area contributed by atoms with Crippen LogP contribution in [0.3, 0.4) is 0 Å². The number of pyridine rings is 1. The standard InChI is InChI=1S/C14H17BrN4OS/c1-3-16-13-11(6-10(15)7-18-13)14(20)17-5-4-12-19-9(2)8-21-12/h6-8H,3-5H2,1-2H3,(H,16,18)(H,17,20). The van der Waals surface area contributed by atoms with E-state index in [4.69, 9.17) is 0 Å². The van der Waals surface area contributed by atoms with Gasteiger partial charge in [-0.2, -0.15) is 0 Å². The Bertz CT molecular complexity index is 629. The number of hydrogen-bond acceptors (Lipinski definition) is 5. The van der Waals surface area contributed by atoms with Gasteiger partial charge in [-0.25, -0.2) is 9.97 Å². The Morgan fingerprint density at radius 3 is 2.95 bits per heavy atom. The minimum absolute atomic E-state index is 0.131. The number of nitrogens with one attached hydrogen (secondary N) is 2. The molecule has 0 bridgehead atoms. The van der Waals surface area contributed by atoms with E-state index in [1.54, 1.807) is 23.6 Å². The summed E-state index contributed by atoms with van der Waals surface area (Å²) in [5.74, 6) is 0.469. The average molecular weight is 369 g/mol. The van der Waals surface area contributed by atoms with Gasteiger partial charge < -0.3 is 10.6 Å². The van der Waals surface area contributed by atoms with Crippen molar-refractivity contribution >= 4 is 39.0 Å². The van der Waals surface area contributed by atoms with Gasteiger partial charge >= 0.3 is 0 Å². The maximum Gasteiger partial charge on any atom is 0.255 e. The molecule has 1 amide bonds. The molecule has 0 fully saturated rings. The van der Waals surface area contributed by atoms with Crippen molar-refractivity contribution < 1.29 is 4.79 Å². The second-order valence-corrected chi connectivity index (χ2v) is 6.33. The third-order valence-electron chi connectivity index (χ3n) is 2.73. The number of carbonyl (C=O) groups excluding carboxylic acids is 1. The molecule has 0 spiro atoms. The number of amides is 1. The van der Waals surface area contributed by atoms with Crippen molar-refractivity contribution in [1.29, 1.82) is 0 Å². The van der Waals surface area contributed by atoms with E-state index in [0.29, 0.717) is 24.5 Å². The Labute approximate surface area is 136 Å². The van der Waals surface area contributed by atoms with Crippen LogP contribution in [-0.4, -0.2) is 29.0 Å². The van der Waals surface area contributed by atoms with E-state index in [2.05, 4.69) is 36.5 Å². The van der Waals surface area contributed by atoms with Crippen molar-refractivity contribution in [2.75, 3.05) is 18.4 Å². The van der Waals surface area contributed by atoms with Crippen molar-refractivity contribution in [3.05, 3.63) is 38.4 Å². The van der Waals surface area contributed by atoms with Crippen LogP contribution in [0.25, 0.3) is 0 Å². The van der Waals surface area contributed by atoms with Crippen molar-refractivity contribution in [3.63, 3.8) is 0 Å². The van der Waals surface area contributed by atoms with Crippen LogP contribution in [0.1, 0.15) is 28.0 Å². The average Bonchev–Trinajstić information content (AvgIpc) is 2.86. The molecule has 2 N–H and O–H groups in total. The molecule has 5 nitrogen and oxygen atoms in total. The summed E-state index contributed by atoms with van der Waals surface area (Å²) in [5, 5.41) is 9.05. The number of carbonyl (C=O) groups is 1. The van der Waals surface area contributed by atoms with Crippen molar-refractivity contribution in [3.8, 4) is 0 Å². The minimum atomic E-state index is -0.131. The maximum absolute atomic E-state index is 12.3. The second kappa shape index (κ2) is 7.51. The molecular formula is C14H17BrN4OS. The van der Waals surface area contributed by atoms with Crippen LogP contribution < -0.4 is 10.6 Å². The van der Waals surface area contributed by atoms with E-state index >= 15 is 0 Å². The van der Waals surface area contributed by atoms with E-state index in [9.17, 15) is 4.79 Å². The van der Waals surface area contributed by atoms with Crippen molar-refractivity contribution in [1.82, 2.24) is 15.3 Å². The molecule has 2 aromatic heterocycles. The highest BCUT2D eigenvalue weighted by molar-refractivity contribution is 9.10. The minimum Gasteiger partial charge on any atom is -0.370 e. The monoisotopic (exact) mass is 368 g/mol. The van der Waals surface area contributed by atoms with Crippen molar-refractivity contribution in [2.45, 2.75) is 20.3 Å². The molecule has 0 unspecified atom stereocenters. The zero-order valence-corrected chi connectivity index (χ0v) is 14.3. The number of aromatic nitrogens is 2. The van der Waals surface area contributed by atoms with Gasteiger partial charge in [0.2, 0.25) is 0 Å². The van der Waals surface area contributed by atoms with E-state index < -0.39 is 0 Å². The first-order chi connectivity index (χ1) is 10.1. The molecule has 7 heteroatoms. The lowest BCUT2D eigenvalue weighted by Crippen LogP contribution is -2.27. The Kier molecular flexibility index (Phi) is 5.69. The fraction of sp³-hybridized carbons (Fsp3) is 0.357. The predicted octanol–water partition coefficient (Wildman–Crippen LogP) is 3.01. The molecule has 2 aromatic rings. The van der Waals surface area contributed by atoms with Gasteiger partial charge in [0.1, 0.15) is 5.82 Å². The fourth-order valence-corrected chi connectivity index (χ4v) is 2.92. The first-order valence-electron chi connectivity index (χ1n) is 6.68. The molecule has 0 aliphatic carbocycles. The van der Waals surface area contributed by atoms with Gasteiger partial charge in [-0.15, -0.1) is 11.3 Å². The highest BCUT2D eigenvalue weighted by Gasteiger charge is 2.13. The zero-order chi connectivity index (χ0) is 15.2. The topological polar surface area (TPSA) is 66.9 Å². The van der Waals surface area contributed by atoms with Gasteiger partial charge in [0, 0.05) is 41.3 Å². The van der Waals surface area contributed by atoms with Gasteiger partial charge in [0.05, 0.1) is 10.6 Å². The van der Waals surface area contributed by atoms with Gasteiger partial charge in [-0.3, -0.25) is 4.79 Å². The highest BCUT2D eigenvalue weighted by Crippen LogP contribution is 2.18. The van der Waals surface area contributed by atoms with Crippen molar-refractivity contribution in [2.24, 2.45) is 0 Å². The predicted molar refractivity (Wildman–Crippen MR) is 89.0 cm³/mol. The Morgan fingerprint density at radius 1 is 1.48 bits per heavy atom. The number of thiazole rings is 1. The van der Waals surface area contributed by atoms with Gasteiger partial charge in [-0.05, 0) is 35.8 Å². The zero-order valence-electron chi connectivity index (χ0n) is 11.9. The number of hydrogen-bond donors (Lipinski definition) is 2. The number of aryl methyl sites for hydroxylation is 1. The summed E-state index contributed by atoms with van der Waals surface area (Å²) in [4.78, 5) is 20.9. The number of rotatable bonds is 6. The molecule has 0 aromatic carbocycles. The van der Waals surface area contributed by atoms with Crippen LogP contribution in [0.4, 0.5) is 5.82 Å². The third kappa shape index (κ3) is 4.50. The van der Waals surface area contributed by atoms with Gasteiger partial charge in [-0.1, -0.05) is 0 Å². The van der Waals surface area contributed by atoms with E-state index in [-0.39, 0.29) is 5.91 Å². The fourth-order valence-electron chi connectivity index (χ4n) is 1.82. The van der Waals surface area contributed by atoms with Crippen LogP contribution >= 0.6 is 27.3 Å². The lowest BCUT2D eigenvalue weighted by Gasteiger charge is -2.10. The van der Waals surface area contributed by atoms with Crippen LogP contribution in [0.2, 0.25) is 0 Å². The van der Waals surface area contributed by atoms with Crippen LogP contribution in [0.5, 0.6) is 0 Å². The molecule has 0 atom stereocenters. The number of nitrogens with zero attached hydrogens (tertiary/aromatic N) is 2. The third-order valence-corrected chi connectivity index (χ3v) is 4.19. The molecular weight excluding hydrogens is 352 g/mol. The van der Waals surface area contributed by atoms with Crippen LogP contribution in [0.15, 0.2) is 22.1 Å². The molecule has 21 heavy (non-hydrogen) atoms. The smallest absolute Gasteiger partial charge is 0.255 e. The quantitative estimate of drug-likeness (QED) is 0.822. The highest BCUT2D eigenvalue weighted by atomic mass is 79.9. The summed E-state index contributed by atoms with van der Waals surface area (Å²) >= 11 is 4.96. The summed E-state index contributed by atoms with van der Waals surface area (Å²) in [7, 11) is 0. The first-order valence-corrected chi connectivity index (χ1v) is 8.36. The normalized spacial score (nSPS) is 10.4. The molecule has 0 saturated carbocycles. The number of halogens is 1. The van der Waals surface area contributed by atoms with Gasteiger partial charge in [0.25, 0.3) is 5.91 Å². The summed E-state index contributed by atoms with van der Waals surface area (Å²) in [6, 6.07) is 1.77. The Morgan fingerprint density at radius 2 is 2.29 bits per heavy atom. The molecule has 0 saturated heterocycles. The molecule has 0 aliphatic rings. The van der Waals surface area contributed by atoms with E-state index in [0.717, 1.165) is 21.6 Å². The molecule has 2 heterocycles. The number of anilines is 1. The molecule has 112 valence electrons. The van der Waals surface area contributed by atoms with E-state index in [1.807, 2.05) is 19.2 Å². The van der Waals surface area contributed by atoms with Crippen LogP contribution in [-0.2, 0) is 6.42 Å². The largest absolute Gasteiger partial charge is 0.370 e. The SMILES string of the molecule is CCNc1ncc(Br)cc1C(=O)NCCc1nc(C)cs1.